The van der Waals surface area contributed by atoms with Crippen LogP contribution in [0.15, 0.2) is 42.5 Å². The highest BCUT2D eigenvalue weighted by atomic mass is 19.1. The Balaban J connectivity index is 1.76. The minimum atomic E-state index is -0.894. The molecule has 7 heteroatoms. The van der Waals surface area contributed by atoms with E-state index in [4.69, 9.17) is 0 Å². The number of carbonyl (C=O) groups excluding carboxylic acids is 2. The summed E-state index contributed by atoms with van der Waals surface area (Å²) in [6, 6.07) is 7.25. The van der Waals surface area contributed by atoms with E-state index in [2.05, 4.69) is 5.32 Å². The average molecular weight is 348 g/mol. The van der Waals surface area contributed by atoms with Gasteiger partial charge in [0.25, 0.3) is 5.91 Å². The number of hydrogen-bond donors (Lipinski definition) is 1. The molecule has 4 nitrogen and oxygen atoms in total. The second-order valence-corrected chi connectivity index (χ2v) is 5.78. The van der Waals surface area contributed by atoms with Crippen LogP contribution in [0.3, 0.4) is 0 Å². The molecule has 1 aliphatic rings. The quantitative estimate of drug-likeness (QED) is 0.925. The summed E-state index contributed by atoms with van der Waals surface area (Å²) < 4.78 is 39.9. The van der Waals surface area contributed by atoms with Crippen molar-refractivity contribution in [2.45, 2.75) is 18.9 Å². The summed E-state index contributed by atoms with van der Waals surface area (Å²) in [5.41, 5.74) is -0.0101. The molecule has 1 heterocycles. The molecule has 0 aliphatic carbocycles. The van der Waals surface area contributed by atoms with Gasteiger partial charge >= 0.3 is 0 Å². The number of benzene rings is 2. The number of halogens is 3. The minimum Gasteiger partial charge on any atom is -0.327 e. The Morgan fingerprint density at radius 2 is 1.80 bits per heavy atom. The topological polar surface area (TPSA) is 49.4 Å². The van der Waals surface area contributed by atoms with Crippen LogP contribution in [0.25, 0.3) is 0 Å². The van der Waals surface area contributed by atoms with Crippen LogP contribution in [0.4, 0.5) is 18.9 Å². The molecule has 0 radical (unpaired) electrons. The third-order valence-electron chi connectivity index (χ3n) is 4.08. The number of nitrogens with zero attached hydrogens (tertiary/aromatic N) is 1. The van der Waals surface area contributed by atoms with Gasteiger partial charge in [0, 0.05) is 18.2 Å². The molecule has 3 rings (SSSR count). The van der Waals surface area contributed by atoms with Crippen LogP contribution in [0, 0.1) is 17.5 Å². The van der Waals surface area contributed by atoms with E-state index in [1.807, 2.05) is 0 Å². The lowest BCUT2D eigenvalue weighted by Gasteiger charge is -2.24. The first kappa shape index (κ1) is 17.0. The number of amides is 2. The number of carbonyl (C=O) groups is 2. The maximum atomic E-state index is 13.7. The second-order valence-electron chi connectivity index (χ2n) is 5.78. The number of anilines is 1. The molecule has 0 aromatic heterocycles. The Labute approximate surface area is 142 Å². The van der Waals surface area contributed by atoms with Gasteiger partial charge < -0.3 is 10.2 Å². The largest absolute Gasteiger partial charge is 0.327 e. The Hall–Kier alpha value is -2.83. The van der Waals surface area contributed by atoms with E-state index in [0.717, 1.165) is 18.2 Å². The van der Waals surface area contributed by atoms with Gasteiger partial charge in [-0.15, -0.1) is 0 Å². The third kappa shape index (κ3) is 3.65. The summed E-state index contributed by atoms with van der Waals surface area (Å²) >= 11 is 0. The Bertz CT molecular complexity index is 826. The third-order valence-corrected chi connectivity index (χ3v) is 4.08. The van der Waals surface area contributed by atoms with Gasteiger partial charge in [0.15, 0.2) is 0 Å². The fourth-order valence-electron chi connectivity index (χ4n) is 2.88. The Morgan fingerprint density at radius 1 is 1.04 bits per heavy atom. The number of nitrogens with one attached hydrogen (secondary N) is 1. The van der Waals surface area contributed by atoms with E-state index in [1.54, 1.807) is 0 Å². The van der Waals surface area contributed by atoms with Gasteiger partial charge in [0.2, 0.25) is 5.91 Å². The fourth-order valence-corrected chi connectivity index (χ4v) is 2.88. The molecular formula is C18H15F3N2O2. The summed E-state index contributed by atoms with van der Waals surface area (Å²) in [5, 5.41) is 2.38. The molecular weight excluding hydrogens is 333 g/mol. The molecule has 25 heavy (non-hydrogen) atoms. The SMILES string of the molecule is O=C(Nc1ccc(F)cc1F)[C@@H]1CCCN1C(=O)c1cccc(F)c1. The molecule has 1 N–H and O–H groups in total. The van der Waals surface area contributed by atoms with Crippen LogP contribution >= 0.6 is 0 Å². The first-order valence-electron chi connectivity index (χ1n) is 7.78. The smallest absolute Gasteiger partial charge is 0.254 e. The minimum absolute atomic E-state index is 0.146. The number of hydrogen-bond acceptors (Lipinski definition) is 2. The van der Waals surface area contributed by atoms with Crippen molar-refractivity contribution in [3.8, 4) is 0 Å². The van der Waals surface area contributed by atoms with Gasteiger partial charge in [-0.05, 0) is 43.2 Å². The molecule has 1 aliphatic heterocycles. The first-order chi connectivity index (χ1) is 12.0. The zero-order valence-electron chi connectivity index (χ0n) is 13.1. The van der Waals surface area contributed by atoms with Gasteiger partial charge in [0.05, 0.1) is 5.69 Å². The lowest BCUT2D eigenvalue weighted by atomic mass is 10.1. The Morgan fingerprint density at radius 3 is 2.52 bits per heavy atom. The molecule has 0 bridgehead atoms. The van der Waals surface area contributed by atoms with Crippen molar-refractivity contribution in [3.63, 3.8) is 0 Å². The number of likely N-dealkylation sites (tertiary alicyclic amines) is 1. The van der Waals surface area contributed by atoms with Crippen molar-refractivity contribution in [1.29, 1.82) is 0 Å². The fraction of sp³-hybridized carbons (Fsp3) is 0.222. The normalized spacial score (nSPS) is 16.8. The van der Waals surface area contributed by atoms with E-state index in [-0.39, 0.29) is 11.3 Å². The highest BCUT2D eigenvalue weighted by molar-refractivity contribution is 6.01. The molecule has 2 amide bonds. The molecule has 0 spiro atoms. The van der Waals surface area contributed by atoms with Crippen LogP contribution in [0.1, 0.15) is 23.2 Å². The van der Waals surface area contributed by atoms with Gasteiger partial charge in [-0.2, -0.15) is 0 Å². The molecule has 2 aromatic carbocycles. The lowest BCUT2D eigenvalue weighted by molar-refractivity contribution is -0.119. The first-order valence-corrected chi connectivity index (χ1v) is 7.78. The van der Waals surface area contributed by atoms with E-state index >= 15 is 0 Å². The van der Waals surface area contributed by atoms with Crippen LogP contribution in [0.5, 0.6) is 0 Å². The van der Waals surface area contributed by atoms with Crippen molar-refractivity contribution < 1.29 is 22.8 Å². The van der Waals surface area contributed by atoms with Crippen molar-refractivity contribution in [1.82, 2.24) is 4.90 Å². The molecule has 0 saturated carbocycles. The van der Waals surface area contributed by atoms with Crippen molar-refractivity contribution in [2.24, 2.45) is 0 Å². The van der Waals surface area contributed by atoms with Crippen molar-refractivity contribution in [3.05, 3.63) is 65.5 Å². The monoisotopic (exact) mass is 348 g/mol. The van der Waals surface area contributed by atoms with Crippen LogP contribution < -0.4 is 5.32 Å². The predicted octanol–water partition coefficient (Wildman–Crippen LogP) is 3.35. The van der Waals surface area contributed by atoms with Crippen molar-refractivity contribution in [2.75, 3.05) is 11.9 Å². The zero-order chi connectivity index (χ0) is 18.0. The molecule has 1 fully saturated rings. The van der Waals surface area contributed by atoms with E-state index < -0.39 is 35.3 Å². The standard InChI is InChI=1S/C18H15F3N2O2/c19-12-4-1-3-11(9-12)18(25)23-8-2-5-16(23)17(24)22-15-7-6-13(20)10-14(15)21/h1,3-4,6-7,9-10,16H,2,5,8H2,(H,22,24)/t16-/m0/s1. The maximum Gasteiger partial charge on any atom is 0.254 e. The summed E-state index contributed by atoms with van der Waals surface area (Å²) in [7, 11) is 0. The highest BCUT2D eigenvalue weighted by Crippen LogP contribution is 2.23. The molecule has 130 valence electrons. The summed E-state index contributed by atoms with van der Waals surface area (Å²) in [5.74, 6) is -3.21. The predicted molar refractivity (Wildman–Crippen MR) is 85.4 cm³/mol. The van der Waals surface area contributed by atoms with Crippen LogP contribution in [0.2, 0.25) is 0 Å². The summed E-state index contributed by atoms with van der Waals surface area (Å²) in [6.07, 6.45) is 1.01. The zero-order valence-corrected chi connectivity index (χ0v) is 13.1. The lowest BCUT2D eigenvalue weighted by Crippen LogP contribution is -2.43. The van der Waals surface area contributed by atoms with E-state index in [1.165, 1.54) is 23.1 Å². The van der Waals surface area contributed by atoms with Gasteiger partial charge in [-0.3, -0.25) is 9.59 Å². The molecule has 2 aromatic rings. The van der Waals surface area contributed by atoms with E-state index in [9.17, 15) is 22.8 Å². The highest BCUT2D eigenvalue weighted by Gasteiger charge is 2.34. The molecule has 0 unspecified atom stereocenters. The number of rotatable bonds is 3. The van der Waals surface area contributed by atoms with Crippen LogP contribution in [-0.4, -0.2) is 29.3 Å². The maximum absolute atomic E-state index is 13.7. The molecule has 1 saturated heterocycles. The Kier molecular flexibility index (Phi) is 4.74. The average Bonchev–Trinajstić information content (AvgIpc) is 3.06. The second kappa shape index (κ2) is 6.96. The summed E-state index contributed by atoms with van der Waals surface area (Å²) in [4.78, 5) is 26.3. The van der Waals surface area contributed by atoms with Crippen molar-refractivity contribution >= 4 is 17.5 Å². The van der Waals surface area contributed by atoms with Crippen LogP contribution in [-0.2, 0) is 4.79 Å². The van der Waals surface area contributed by atoms with E-state index in [0.29, 0.717) is 25.5 Å². The summed E-state index contributed by atoms with van der Waals surface area (Å²) in [6.45, 7) is 0.347. The van der Waals surface area contributed by atoms with Gasteiger partial charge in [-0.25, -0.2) is 13.2 Å². The van der Waals surface area contributed by atoms with Gasteiger partial charge in [-0.1, -0.05) is 6.07 Å². The van der Waals surface area contributed by atoms with Gasteiger partial charge in [0.1, 0.15) is 23.5 Å². The molecule has 1 atom stereocenters.